The number of amides is 1. The largest absolute Gasteiger partial charge is 0.390 e. The van der Waals surface area contributed by atoms with Crippen LogP contribution in [-0.4, -0.2) is 29.7 Å². The van der Waals surface area contributed by atoms with Gasteiger partial charge in [-0.3, -0.25) is 4.79 Å². The van der Waals surface area contributed by atoms with Crippen molar-refractivity contribution in [3.05, 3.63) is 70.8 Å². The van der Waals surface area contributed by atoms with E-state index in [0.717, 1.165) is 51.0 Å². The van der Waals surface area contributed by atoms with Gasteiger partial charge in [0.15, 0.2) is 0 Å². The van der Waals surface area contributed by atoms with E-state index in [1.165, 1.54) is 23.3 Å². The van der Waals surface area contributed by atoms with Gasteiger partial charge in [-0.05, 0) is 60.9 Å². The highest BCUT2D eigenvalue weighted by Crippen LogP contribution is 2.45. The van der Waals surface area contributed by atoms with Crippen LogP contribution in [0.15, 0.2) is 42.5 Å². The second kappa shape index (κ2) is 12.4. The van der Waals surface area contributed by atoms with Crippen LogP contribution in [-0.2, 0) is 23.2 Å². The van der Waals surface area contributed by atoms with Crippen LogP contribution < -0.4 is 10.6 Å². The number of benzene rings is 2. The van der Waals surface area contributed by atoms with E-state index in [0.29, 0.717) is 12.0 Å². The van der Waals surface area contributed by atoms with Crippen LogP contribution in [0.3, 0.4) is 0 Å². The fourth-order valence-electron chi connectivity index (χ4n) is 4.48. The number of hydrogen-bond acceptors (Lipinski definition) is 3. The zero-order valence-corrected chi connectivity index (χ0v) is 20.4. The number of nitrogens with one attached hydrogen (secondary N) is 2. The van der Waals surface area contributed by atoms with E-state index in [1.807, 2.05) is 0 Å². The molecule has 0 spiro atoms. The molecule has 0 bridgehead atoms. The molecule has 1 aliphatic carbocycles. The van der Waals surface area contributed by atoms with E-state index in [9.17, 15) is 18.7 Å². The van der Waals surface area contributed by atoms with Crippen molar-refractivity contribution in [3.63, 3.8) is 0 Å². The second-order valence-corrected chi connectivity index (χ2v) is 9.55. The Morgan fingerprint density at radius 1 is 1.03 bits per heavy atom. The minimum atomic E-state index is -0.905. The van der Waals surface area contributed by atoms with Crippen molar-refractivity contribution < 1.29 is 18.7 Å². The van der Waals surface area contributed by atoms with Crippen molar-refractivity contribution in [2.24, 2.45) is 0 Å². The Labute approximate surface area is 202 Å². The van der Waals surface area contributed by atoms with Gasteiger partial charge < -0.3 is 15.7 Å². The number of rotatable bonds is 14. The maximum Gasteiger partial charge on any atom is 0.220 e. The van der Waals surface area contributed by atoms with E-state index in [4.69, 9.17) is 0 Å². The predicted molar refractivity (Wildman–Crippen MR) is 131 cm³/mol. The molecule has 1 aliphatic rings. The van der Waals surface area contributed by atoms with E-state index >= 15 is 0 Å². The Kier molecular flexibility index (Phi) is 9.60. The third kappa shape index (κ3) is 7.60. The lowest BCUT2D eigenvalue weighted by Gasteiger charge is -2.27. The van der Waals surface area contributed by atoms with Gasteiger partial charge in [0, 0.05) is 24.6 Å². The molecule has 0 aliphatic heterocycles. The van der Waals surface area contributed by atoms with Gasteiger partial charge in [0.05, 0.1) is 12.1 Å². The third-order valence-electron chi connectivity index (χ3n) is 6.73. The zero-order valence-electron chi connectivity index (χ0n) is 20.4. The average Bonchev–Trinajstić information content (AvgIpc) is 3.60. The number of halogens is 2. The third-order valence-corrected chi connectivity index (χ3v) is 6.73. The molecule has 2 aromatic rings. The first-order valence-electron chi connectivity index (χ1n) is 12.6. The molecule has 1 amide bonds. The number of carbonyl (C=O) groups is 1. The minimum Gasteiger partial charge on any atom is -0.390 e. The van der Waals surface area contributed by atoms with Gasteiger partial charge in [0.2, 0.25) is 5.91 Å². The summed E-state index contributed by atoms with van der Waals surface area (Å²) in [5.41, 5.74) is 2.73. The summed E-state index contributed by atoms with van der Waals surface area (Å²) < 4.78 is 27.5. The van der Waals surface area contributed by atoms with E-state index in [1.54, 1.807) is 0 Å². The highest BCUT2D eigenvalue weighted by atomic mass is 19.1. The van der Waals surface area contributed by atoms with Crippen LogP contribution in [0.4, 0.5) is 8.78 Å². The summed E-state index contributed by atoms with van der Waals surface area (Å²) in [6.45, 7) is 4.51. The minimum absolute atomic E-state index is 0.145. The topological polar surface area (TPSA) is 61.4 Å². The second-order valence-electron chi connectivity index (χ2n) is 9.55. The van der Waals surface area contributed by atoms with Crippen molar-refractivity contribution in [1.29, 1.82) is 0 Å². The fourth-order valence-corrected chi connectivity index (χ4v) is 4.48. The summed E-state index contributed by atoms with van der Waals surface area (Å²) in [7, 11) is 0. The number of aryl methyl sites for hydroxylation is 1. The normalized spacial score (nSPS) is 16.1. The first-order chi connectivity index (χ1) is 16.3. The number of hydrogen-bond donors (Lipinski definition) is 3. The number of carbonyl (C=O) groups excluding carboxylic acids is 1. The van der Waals surface area contributed by atoms with E-state index in [-0.39, 0.29) is 24.4 Å². The van der Waals surface area contributed by atoms with E-state index < -0.39 is 23.8 Å². The number of aliphatic hydroxyl groups excluding tert-OH is 1. The van der Waals surface area contributed by atoms with Crippen LogP contribution in [0.25, 0.3) is 0 Å². The van der Waals surface area contributed by atoms with Crippen LogP contribution in [0.1, 0.15) is 75.5 Å². The highest BCUT2D eigenvalue weighted by Gasteiger charge is 2.44. The van der Waals surface area contributed by atoms with Crippen molar-refractivity contribution in [3.8, 4) is 0 Å². The zero-order chi connectivity index (χ0) is 24.6. The summed E-state index contributed by atoms with van der Waals surface area (Å²) in [5, 5.41) is 17.5. The Morgan fingerprint density at radius 2 is 1.76 bits per heavy atom. The molecule has 2 aromatic carbocycles. The summed E-state index contributed by atoms with van der Waals surface area (Å²) in [4.78, 5) is 12.6. The first kappa shape index (κ1) is 26.3. The molecule has 186 valence electrons. The maximum atomic E-state index is 13.7. The molecule has 0 aromatic heterocycles. The van der Waals surface area contributed by atoms with Crippen molar-refractivity contribution in [1.82, 2.24) is 10.6 Å². The van der Waals surface area contributed by atoms with Crippen molar-refractivity contribution in [2.75, 3.05) is 6.54 Å². The lowest BCUT2D eigenvalue weighted by Crippen LogP contribution is -2.50. The molecule has 34 heavy (non-hydrogen) atoms. The Balaban J connectivity index is 1.66. The lowest BCUT2D eigenvalue weighted by atomic mass is 9.98. The summed E-state index contributed by atoms with van der Waals surface area (Å²) >= 11 is 0. The van der Waals surface area contributed by atoms with Gasteiger partial charge >= 0.3 is 0 Å². The van der Waals surface area contributed by atoms with Crippen LogP contribution in [0, 0.1) is 11.6 Å². The quantitative estimate of drug-likeness (QED) is 0.333. The van der Waals surface area contributed by atoms with E-state index in [2.05, 4.69) is 48.7 Å². The SMILES string of the molecule is CCCCCCC(=O)N[C@@H](Cc1cc(F)cc(F)c1)[C@H](O)CNC1(c2cccc(CC)c2)CC1. The molecular formula is C28H38F2N2O2. The van der Waals surface area contributed by atoms with Gasteiger partial charge in [-0.15, -0.1) is 0 Å². The summed E-state index contributed by atoms with van der Waals surface area (Å²) in [6, 6.07) is 11.2. The Morgan fingerprint density at radius 3 is 2.41 bits per heavy atom. The standard InChI is InChI=1S/C28H38F2N2O2/c1-3-5-6-7-11-27(34)32-25(17-21-15-23(29)18-24(30)16-21)26(33)19-31-28(12-13-28)22-10-8-9-20(4-2)14-22/h8-10,14-16,18,25-26,31,33H,3-7,11-13,17,19H2,1-2H3,(H,32,34)/t25-,26+/m0/s1. The number of aliphatic hydroxyl groups is 1. The monoisotopic (exact) mass is 472 g/mol. The lowest BCUT2D eigenvalue weighted by molar-refractivity contribution is -0.122. The van der Waals surface area contributed by atoms with Crippen LogP contribution in [0.2, 0.25) is 0 Å². The summed E-state index contributed by atoms with van der Waals surface area (Å²) in [6.07, 6.45) is 6.47. The van der Waals surface area contributed by atoms with Gasteiger partial charge in [-0.2, -0.15) is 0 Å². The van der Waals surface area contributed by atoms with Gasteiger partial charge in [-0.25, -0.2) is 8.78 Å². The first-order valence-corrected chi connectivity index (χ1v) is 12.6. The van der Waals surface area contributed by atoms with Crippen LogP contribution in [0.5, 0.6) is 0 Å². The maximum absolute atomic E-state index is 13.7. The van der Waals surface area contributed by atoms with Crippen molar-refractivity contribution in [2.45, 2.75) is 89.3 Å². The molecule has 0 unspecified atom stereocenters. The van der Waals surface area contributed by atoms with Crippen LogP contribution >= 0.6 is 0 Å². The Hall–Kier alpha value is -2.31. The molecule has 1 fully saturated rings. The molecule has 1 saturated carbocycles. The molecule has 2 atom stereocenters. The van der Waals surface area contributed by atoms with Gasteiger partial charge in [-0.1, -0.05) is 57.4 Å². The highest BCUT2D eigenvalue weighted by molar-refractivity contribution is 5.76. The molecule has 3 N–H and O–H groups in total. The van der Waals surface area contributed by atoms with Crippen molar-refractivity contribution >= 4 is 5.91 Å². The number of unbranched alkanes of at least 4 members (excludes halogenated alkanes) is 3. The van der Waals surface area contributed by atoms with Gasteiger partial charge in [0.25, 0.3) is 0 Å². The molecule has 3 rings (SSSR count). The molecule has 4 nitrogen and oxygen atoms in total. The molecular weight excluding hydrogens is 434 g/mol. The Bertz CT molecular complexity index is 926. The summed E-state index contributed by atoms with van der Waals surface area (Å²) in [5.74, 6) is -1.48. The average molecular weight is 473 g/mol. The molecule has 0 radical (unpaired) electrons. The molecule has 6 heteroatoms. The predicted octanol–water partition coefficient (Wildman–Crippen LogP) is 5.16. The fraction of sp³-hybridized carbons (Fsp3) is 0.536. The smallest absolute Gasteiger partial charge is 0.220 e. The molecule has 0 heterocycles. The van der Waals surface area contributed by atoms with Gasteiger partial charge in [0.1, 0.15) is 11.6 Å². The molecule has 0 saturated heterocycles.